The molecule has 9 nitrogen and oxygen atoms in total. The average Bonchev–Trinajstić information content (AvgIpc) is 2.89. The van der Waals surface area contributed by atoms with E-state index in [0.717, 1.165) is 27.2 Å². The first-order valence-electron chi connectivity index (χ1n) is 12.3. The fourth-order valence-electron chi connectivity index (χ4n) is 4.04. The van der Waals surface area contributed by atoms with E-state index >= 15 is 0 Å². The zero-order valence-electron chi connectivity index (χ0n) is 22.7. The van der Waals surface area contributed by atoms with Crippen LogP contribution in [0.15, 0.2) is 54.1 Å². The number of nitrogens with zero attached hydrogens (tertiary/aromatic N) is 1. The Balaban J connectivity index is 1.56. The maximum Gasteiger partial charge on any atom is 0.335 e. The number of hydrogen-bond donors (Lipinski definition) is 2. The van der Waals surface area contributed by atoms with Gasteiger partial charge in [0.05, 0.1) is 16.4 Å². The van der Waals surface area contributed by atoms with E-state index in [1.165, 1.54) is 13.2 Å². The minimum atomic E-state index is -0.814. The Bertz CT molecular complexity index is 1580. The van der Waals surface area contributed by atoms with Crippen molar-refractivity contribution in [2.45, 2.75) is 27.7 Å². The lowest BCUT2D eigenvalue weighted by molar-refractivity contribution is -0.122. The van der Waals surface area contributed by atoms with Crippen LogP contribution in [0.3, 0.4) is 0 Å². The van der Waals surface area contributed by atoms with E-state index in [-0.39, 0.29) is 18.1 Å². The lowest BCUT2D eigenvalue weighted by atomic mass is 10.0. The second-order valence-electron chi connectivity index (χ2n) is 9.40. The summed E-state index contributed by atoms with van der Waals surface area (Å²) in [6.45, 7) is 7.50. The van der Waals surface area contributed by atoms with Gasteiger partial charge in [-0.05, 0) is 121 Å². The Morgan fingerprint density at radius 3 is 2.27 bits per heavy atom. The molecule has 40 heavy (non-hydrogen) atoms. The molecule has 0 radical (unpaired) electrons. The summed E-state index contributed by atoms with van der Waals surface area (Å²) in [6, 6.07) is 13.3. The first kappa shape index (κ1) is 28.8. The molecule has 0 bridgehead atoms. The van der Waals surface area contributed by atoms with Gasteiger partial charge in [0, 0.05) is 5.69 Å². The predicted molar refractivity (Wildman–Crippen MR) is 161 cm³/mol. The first-order chi connectivity index (χ1) is 19.0. The van der Waals surface area contributed by atoms with Gasteiger partial charge in [0.15, 0.2) is 18.1 Å². The third kappa shape index (κ3) is 6.17. The number of amides is 5. The zero-order chi connectivity index (χ0) is 29.1. The molecule has 2 N–H and O–H groups in total. The van der Waals surface area contributed by atoms with Crippen LogP contribution in [0.1, 0.15) is 27.8 Å². The topological polar surface area (TPSA) is 114 Å². The Morgan fingerprint density at radius 1 is 0.950 bits per heavy atom. The number of barbiturate groups is 1. The molecule has 206 valence electrons. The molecule has 0 atom stereocenters. The van der Waals surface area contributed by atoms with E-state index in [4.69, 9.17) is 9.47 Å². The van der Waals surface area contributed by atoms with Crippen molar-refractivity contribution in [3.63, 3.8) is 0 Å². The second-order valence-corrected chi connectivity index (χ2v) is 10.6. The summed E-state index contributed by atoms with van der Waals surface area (Å²) in [4.78, 5) is 51.9. The van der Waals surface area contributed by atoms with E-state index in [1.807, 2.05) is 68.5 Å². The molecule has 4 rings (SSSR count). The van der Waals surface area contributed by atoms with E-state index in [1.54, 1.807) is 30.3 Å². The summed E-state index contributed by atoms with van der Waals surface area (Å²) in [5.41, 5.74) is 5.39. The monoisotopic (exact) mass is 653 g/mol. The van der Waals surface area contributed by atoms with E-state index in [0.29, 0.717) is 32.0 Å². The maximum atomic E-state index is 13.3. The standard InChI is InChI=1S/C30H28IN3O6/c1-16-6-8-21(10-18(16)3)32-26(35)15-40-27-24(31)13-20(14-25(27)39-5)12-23-28(36)33-30(38)34(29(23)37)22-9-7-17(2)19(4)11-22/h6-14H,15H2,1-5H3,(H,32,35)(H,33,36,38)/b23-12-. The summed E-state index contributed by atoms with van der Waals surface area (Å²) in [6.07, 6.45) is 1.39. The van der Waals surface area contributed by atoms with Crippen molar-refractivity contribution in [3.05, 3.63) is 85.5 Å². The third-order valence-corrected chi connectivity index (χ3v) is 7.35. The van der Waals surface area contributed by atoms with Gasteiger partial charge in [-0.2, -0.15) is 0 Å². The number of benzene rings is 3. The summed E-state index contributed by atoms with van der Waals surface area (Å²) in [5, 5.41) is 5.04. The van der Waals surface area contributed by atoms with Gasteiger partial charge in [0.25, 0.3) is 17.7 Å². The minimum Gasteiger partial charge on any atom is -0.493 e. The second kappa shape index (κ2) is 11.9. The molecule has 1 fully saturated rings. The van der Waals surface area contributed by atoms with Crippen LogP contribution in [0.5, 0.6) is 11.5 Å². The van der Waals surface area contributed by atoms with Crippen molar-refractivity contribution in [1.82, 2.24) is 5.32 Å². The molecule has 0 aromatic heterocycles. The lowest BCUT2D eigenvalue weighted by Crippen LogP contribution is -2.54. The number of nitrogens with one attached hydrogen (secondary N) is 2. The number of urea groups is 1. The number of methoxy groups -OCH3 is 1. The van der Waals surface area contributed by atoms with Crippen molar-refractivity contribution in [2.75, 3.05) is 23.9 Å². The number of carbonyl (C=O) groups excluding carboxylic acids is 4. The molecular weight excluding hydrogens is 625 g/mol. The molecule has 10 heteroatoms. The van der Waals surface area contributed by atoms with Crippen LogP contribution >= 0.6 is 22.6 Å². The van der Waals surface area contributed by atoms with Crippen LogP contribution in [-0.2, 0) is 14.4 Å². The third-order valence-electron chi connectivity index (χ3n) is 6.55. The highest BCUT2D eigenvalue weighted by Gasteiger charge is 2.37. The highest BCUT2D eigenvalue weighted by molar-refractivity contribution is 14.1. The van der Waals surface area contributed by atoms with Crippen LogP contribution < -0.4 is 25.0 Å². The van der Waals surface area contributed by atoms with Crippen LogP contribution in [0.2, 0.25) is 0 Å². The Morgan fingerprint density at radius 2 is 1.62 bits per heavy atom. The van der Waals surface area contributed by atoms with Gasteiger partial charge in [0.2, 0.25) is 0 Å². The maximum absolute atomic E-state index is 13.3. The van der Waals surface area contributed by atoms with Gasteiger partial charge < -0.3 is 14.8 Å². The van der Waals surface area contributed by atoms with E-state index < -0.39 is 17.8 Å². The van der Waals surface area contributed by atoms with Crippen LogP contribution in [-0.4, -0.2) is 37.5 Å². The molecule has 1 aliphatic heterocycles. The smallest absolute Gasteiger partial charge is 0.335 e. The fourth-order valence-corrected chi connectivity index (χ4v) is 4.82. The van der Waals surface area contributed by atoms with Gasteiger partial charge in [-0.15, -0.1) is 0 Å². The predicted octanol–water partition coefficient (Wildman–Crippen LogP) is 5.22. The van der Waals surface area contributed by atoms with Gasteiger partial charge in [-0.25, -0.2) is 9.69 Å². The van der Waals surface area contributed by atoms with Crippen molar-refractivity contribution in [2.24, 2.45) is 0 Å². The lowest BCUT2D eigenvalue weighted by Gasteiger charge is -2.27. The number of anilines is 2. The molecule has 5 amide bonds. The van der Waals surface area contributed by atoms with Gasteiger partial charge in [-0.1, -0.05) is 12.1 Å². The first-order valence-corrected chi connectivity index (χ1v) is 13.4. The molecule has 1 saturated heterocycles. The van der Waals surface area contributed by atoms with Crippen molar-refractivity contribution in [3.8, 4) is 11.5 Å². The van der Waals surface area contributed by atoms with Crippen LogP contribution in [0.4, 0.5) is 16.2 Å². The SMILES string of the molecule is COc1cc(/C=C2/C(=O)NC(=O)N(c3ccc(C)c(C)c3)C2=O)cc(I)c1OCC(=O)Nc1ccc(C)c(C)c1. The average molecular weight is 653 g/mol. The largest absolute Gasteiger partial charge is 0.493 e. The highest BCUT2D eigenvalue weighted by Crippen LogP contribution is 2.35. The molecule has 1 aliphatic rings. The van der Waals surface area contributed by atoms with Gasteiger partial charge >= 0.3 is 6.03 Å². The molecule has 0 spiro atoms. The van der Waals surface area contributed by atoms with Crippen LogP contribution in [0.25, 0.3) is 6.08 Å². The molecule has 3 aromatic carbocycles. The quantitative estimate of drug-likeness (QED) is 0.206. The summed E-state index contributed by atoms with van der Waals surface area (Å²) in [5.74, 6) is -1.23. The minimum absolute atomic E-state index is 0.211. The summed E-state index contributed by atoms with van der Waals surface area (Å²) >= 11 is 2.03. The van der Waals surface area contributed by atoms with Gasteiger partial charge in [-0.3, -0.25) is 19.7 Å². The molecule has 0 unspecified atom stereocenters. The van der Waals surface area contributed by atoms with E-state index in [9.17, 15) is 19.2 Å². The summed E-state index contributed by atoms with van der Waals surface area (Å²) in [7, 11) is 1.45. The zero-order valence-corrected chi connectivity index (χ0v) is 24.8. The Hall–Kier alpha value is -4.19. The Labute approximate surface area is 245 Å². The Kier molecular flexibility index (Phi) is 8.58. The fraction of sp³-hybridized carbons (Fsp3) is 0.200. The molecule has 3 aromatic rings. The number of imide groups is 2. The van der Waals surface area contributed by atoms with E-state index in [2.05, 4.69) is 10.6 Å². The highest BCUT2D eigenvalue weighted by atomic mass is 127. The molecule has 1 heterocycles. The molecule has 0 saturated carbocycles. The van der Waals surface area contributed by atoms with Gasteiger partial charge in [0.1, 0.15) is 5.57 Å². The van der Waals surface area contributed by atoms with Crippen LogP contribution in [0, 0.1) is 31.3 Å². The number of carbonyl (C=O) groups is 4. The van der Waals surface area contributed by atoms with Crippen molar-refractivity contribution >= 4 is 63.8 Å². The molecule has 0 aliphatic carbocycles. The summed E-state index contributed by atoms with van der Waals surface area (Å²) < 4.78 is 11.9. The number of hydrogen-bond acceptors (Lipinski definition) is 6. The molecular formula is C30H28IN3O6. The van der Waals surface area contributed by atoms with Crippen molar-refractivity contribution in [1.29, 1.82) is 0 Å². The number of aryl methyl sites for hydroxylation is 4. The normalized spacial score (nSPS) is 14.3. The number of rotatable bonds is 7. The van der Waals surface area contributed by atoms with Crippen molar-refractivity contribution < 1.29 is 28.7 Å². The number of halogens is 1. The number of ether oxygens (including phenoxy) is 2.